The first kappa shape index (κ1) is 21.3. The van der Waals surface area contributed by atoms with Crippen LogP contribution in [0.5, 0.6) is 0 Å². The third kappa shape index (κ3) is 4.53. The lowest BCUT2D eigenvalue weighted by Crippen LogP contribution is -2.36. The molecule has 1 amide bonds. The maximum absolute atomic E-state index is 12.5. The standard InChI is InChI=1S/C25H24N4O3/c26-21(13-22(30)31)15-8-10-16(11-9-15)24(32)29-25(27)28-14-19-6-3-5-18-12-17-4-1-2-7-20(17)23(18)19/h1-11,21H,12-14,26H2,(H,30,31)(H3,27,28,29,32)/t21-/m0/s1. The number of nitrogens with one attached hydrogen (secondary N) is 1. The minimum absolute atomic E-state index is 0.0329. The zero-order valence-corrected chi connectivity index (χ0v) is 17.4. The summed E-state index contributed by atoms with van der Waals surface area (Å²) in [4.78, 5) is 27.6. The van der Waals surface area contributed by atoms with Crippen LogP contribution >= 0.6 is 0 Å². The molecular weight excluding hydrogens is 404 g/mol. The Morgan fingerprint density at radius 1 is 1.00 bits per heavy atom. The lowest BCUT2D eigenvalue weighted by atomic mass is 10.00. The van der Waals surface area contributed by atoms with Crippen LogP contribution in [0.3, 0.4) is 0 Å². The van der Waals surface area contributed by atoms with Gasteiger partial charge < -0.3 is 16.6 Å². The van der Waals surface area contributed by atoms with Gasteiger partial charge in [0.25, 0.3) is 5.91 Å². The van der Waals surface area contributed by atoms with E-state index in [2.05, 4.69) is 28.5 Å². The molecule has 0 heterocycles. The second-order valence-electron chi connectivity index (χ2n) is 7.77. The van der Waals surface area contributed by atoms with Gasteiger partial charge in [0.2, 0.25) is 0 Å². The first-order valence-electron chi connectivity index (χ1n) is 10.3. The lowest BCUT2D eigenvalue weighted by molar-refractivity contribution is -0.137. The average Bonchev–Trinajstić information content (AvgIpc) is 3.16. The highest BCUT2D eigenvalue weighted by molar-refractivity contribution is 6.05. The fraction of sp³-hybridized carbons (Fsp3) is 0.160. The zero-order chi connectivity index (χ0) is 22.7. The summed E-state index contributed by atoms with van der Waals surface area (Å²) in [6.07, 6.45) is 0.722. The van der Waals surface area contributed by atoms with Gasteiger partial charge in [-0.15, -0.1) is 0 Å². The molecule has 0 unspecified atom stereocenters. The molecular formula is C25H24N4O3. The van der Waals surface area contributed by atoms with Crippen LogP contribution in [0.15, 0.2) is 71.7 Å². The molecule has 6 N–H and O–H groups in total. The molecule has 1 aliphatic rings. The van der Waals surface area contributed by atoms with Crippen molar-refractivity contribution < 1.29 is 14.7 Å². The van der Waals surface area contributed by atoms with Gasteiger partial charge in [0, 0.05) is 11.6 Å². The number of nitrogens with zero attached hydrogens (tertiary/aromatic N) is 1. The number of hydrogen-bond acceptors (Lipinski definition) is 4. The predicted molar refractivity (Wildman–Crippen MR) is 123 cm³/mol. The lowest BCUT2D eigenvalue weighted by Gasteiger charge is -2.11. The Morgan fingerprint density at radius 3 is 2.47 bits per heavy atom. The van der Waals surface area contributed by atoms with Crippen molar-refractivity contribution in [3.63, 3.8) is 0 Å². The van der Waals surface area contributed by atoms with Crippen molar-refractivity contribution in [2.75, 3.05) is 0 Å². The first-order chi connectivity index (χ1) is 15.4. The molecule has 0 fully saturated rings. The molecule has 162 valence electrons. The third-order valence-electron chi connectivity index (χ3n) is 5.56. The number of carbonyl (C=O) groups excluding carboxylic acids is 1. The largest absolute Gasteiger partial charge is 0.481 e. The smallest absolute Gasteiger partial charge is 0.305 e. The summed E-state index contributed by atoms with van der Waals surface area (Å²) in [5.74, 6) is -1.34. The quantitative estimate of drug-likeness (QED) is 0.277. The van der Waals surface area contributed by atoms with Gasteiger partial charge in [-0.25, -0.2) is 4.99 Å². The van der Waals surface area contributed by atoms with E-state index in [0.29, 0.717) is 17.7 Å². The summed E-state index contributed by atoms with van der Waals surface area (Å²) in [6, 6.07) is 20.3. The zero-order valence-electron chi connectivity index (χ0n) is 17.4. The average molecular weight is 428 g/mol. The highest BCUT2D eigenvalue weighted by Crippen LogP contribution is 2.38. The highest BCUT2D eigenvalue weighted by Gasteiger charge is 2.20. The second-order valence-corrected chi connectivity index (χ2v) is 7.77. The Kier molecular flexibility index (Phi) is 6.00. The van der Waals surface area contributed by atoms with E-state index in [1.54, 1.807) is 24.3 Å². The summed E-state index contributed by atoms with van der Waals surface area (Å²) >= 11 is 0. The molecule has 7 heteroatoms. The van der Waals surface area contributed by atoms with Gasteiger partial charge in [0.1, 0.15) is 0 Å². The molecule has 0 radical (unpaired) electrons. The number of guanidine groups is 1. The number of hydrogen-bond donors (Lipinski definition) is 4. The SMILES string of the molecule is NC(=NCc1cccc2c1-c1ccccc1C2)NC(=O)c1ccc([C@@H](N)CC(=O)O)cc1. The number of fused-ring (bicyclic) bond motifs is 3. The van der Waals surface area contributed by atoms with Gasteiger partial charge in [-0.1, -0.05) is 54.6 Å². The van der Waals surface area contributed by atoms with Gasteiger partial charge in [-0.05, 0) is 51.9 Å². The van der Waals surface area contributed by atoms with Crippen LogP contribution in [0.2, 0.25) is 0 Å². The van der Waals surface area contributed by atoms with E-state index in [1.165, 1.54) is 22.3 Å². The summed E-state index contributed by atoms with van der Waals surface area (Å²) in [7, 11) is 0. The summed E-state index contributed by atoms with van der Waals surface area (Å²) in [5.41, 5.74) is 18.9. The van der Waals surface area contributed by atoms with E-state index in [1.807, 2.05) is 24.3 Å². The molecule has 32 heavy (non-hydrogen) atoms. The fourth-order valence-corrected chi connectivity index (χ4v) is 3.99. The second kappa shape index (κ2) is 9.03. The van der Waals surface area contributed by atoms with Crippen molar-refractivity contribution in [1.82, 2.24) is 5.32 Å². The van der Waals surface area contributed by atoms with E-state index >= 15 is 0 Å². The van der Waals surface area contributed by atoms with Crippen LogP contribution in [-0.2, 0) is 17.8 Å². The van der Waals surface area contributed by atoms with Crippen LogP contribution in [-0.4, -0.2) is 22.9 Å². The van der Waals surface area contributed by atoms with Crippen molar-refractivity contribution in [2.45, 2.75) is 25.4 Å². The molecule has 3 aromatic carbocycles. The number of aliphatic carboxylic acids is 1. The topological polar surface area (TPSA) is 131 Å². The van der Waals surface area contributed by atoms with Gasteiger partial charge in [-0.2, -0.15) is 0 Å². The van der Waals surface area contributed by atoms with E-state index < -0.39 is 17.9 Å². The first-order valence-corrected chi connectivity index (χ1v) is 10.3. The Labute approximate surface area is 185 Å². The molecule has 0 saturated carbocycles. The molecule has 0 saturated heterocycles. The normalized spacial score (nSPS) is 13.2. The van der Waals surface area contributed by atoms with Crippen molar-refractivity contribution >= 4 is 17.8 Å². The minimum Gasteiger partial charge on any atom is -0.481 e. The van der Waals surface area contributed by atoms with Crippen LogP contribution in [0.4, 0.5) is 0 Å². The van der Waals surface area contributed by atoms with E-state index in [0.717, 1.165) is 12.0 Å². The molecule has 1 aliphatic carbocycles. The highest BCUT2D eigenvalue weighted by atomic mass is 16.4. The molecule has 4 rings (SSSR count). The third-order valence-corrected chi connectivity index (χ3v) is 5.56. The van der Waals surface area contributed by atoms with Crippen molar-refractivity contribution in [2.24, 2.45) is 16.5 Å². The van der Waals surface area contributed by atoms with Gasteiger partial charge in [-0.3, -0.25) is 14.9 Å². The number of benzene rings is 3. The fourth-order valence-electron chi connectivity index (χ4n) is 3.99. The number of rotatable bonds is 6. The Bertz CT molecular complexity index is 1200. The molecule has 0 aliphatic heterocycles. The molecule has 7 nitrogen and oxygen atoms in total. The van der Waals surface area contributed by atoms with E-state index in [9.17, 15) is 9.59 Å². The summed E-state index contributed by atoms with van der Waals surface area (Å²) in [5, 5.41) is 11.4. The number of carboxylic acid groups (broad SMARTS) is 1. The molecule has 1 atom stereocenters. The number of nitrogens with two attached hydrogens (primary N) is 2. The monoisotopic (exact) mass is 428 g/mol. The number of carbonyl (C=O) groups is 2. The summed E-state index contributed by atoms with van der Waals surface area (Å²) in [6.45, 7) is 0.354. The van der Waals surface area contributed by atoms with Crippen molar-refractivity contribution in [3.8, 4) is 11.1 Å². The van der Waals surface area contributed by atoms with Gasteiger partial charge in [0.05, 0.1) is 13.0 Å². The van der Waals surface area contributed by atoms with Crippen molar-refractivity contribution in [1.29, 1.82) is 0 Å². The van der Waals surface area contributed by atoms with Crippen LogP contribution < -0.4 is 16.8 Å². The minimum atomic E-state index is -0.976. The summed E-state index contributed by atoms with van der Waals surface area (Å²) < 4.78 is 0. The van der Waals surface area contributed by atoms with Gasteiger partial charge >= 0.3 is 5.97 Å². The molecule has 0 spiro atoms. The van der Waals surface area contributed by atoms with E-state index in [-0.39, 0.29) is 12.4 Å². The van der Waals surface area contributed by atoms with E-state index in [4.69, 9.17) is 16.6 Å². The molecule has 3 aromatic rings. The number of amides is 1. The Balaban J connectivity index is 1.43. The predicted octanol–water partition coefficient (Wildman–Crippen LogP) is 2.98. The Morgan fingerprint density at radius 2 is 1.72 bits per heavy atom. The number of carboxylic acids is 1. The molecule has 0 bridgehead atoms. The van der Waals surface area contributed by atoms with Crippen molar-refractivity contribution in [3.05, 3.63) is 94.5 Å². The maximum atomic E-state index is 12.5. The van der Waals surface area contributed by atoms with Gasteiger partial charge in [0.15, 0.2) is 5.96 Å². The van der Waals surface area contributed by atoms with Crippen LogP contribution in [0.1, 0.15) is 45.1 Å². The maximum Gasteiger partial charge on any atom is 0.305 e. The molecule has 0 aromatic heterocycles. The van der Waals surface area contributed by atoms with Crippen LogP contribution in [0.25, 0.3) is 11.1 Å². The number of aliphatic imine (C=N–C) groups is 1. The Hall–Kier alpha value is -3.97. The van der Waals surface area contributed by atoms with Crippen LogP contribution in [0, 0.1) is 0 Å².